The van der Waals surface area contributed by atoms with Gasteiger partial charge in [-0.05, 0) is 48.6 Å². The number of amides is 1. The standard InChI is InChI=1S/C25H28N4O3/c1-18(2)12-14-28-16-19(20-6-3-4-7-22(20)28)11-13-26-24(30)17-29-25(31)10-9-21(27-29)23-8-5-15-32-23/h3-10,15-16,18H,11-14,17H2,1-2H3,(H,26,30). The van der Waals surface area contributed by atoms with Crippen LogP contribution in [0, 0.1) is 5.92 Å². The molecule has 32 heavy (non-hydrogen) atoms. The number of aryl methyl sites for hydroxylation is 1. The molecule has 0 spiro atoms. The van der Waals surface area contributed by atoms with Gasteiger partial charge in [-0.15, -0.1) is 0 Å². The summed E-state index contributed by atoms with van der Waals surface area (Å²) in [5.74, 6) is 0.940. The normalized spacial score (nSPS) is 11.3. The van der Waals surface area contributed by atoms with Gasteiger partial charge >= 0.3 is 0 Å². The van der Waals surface area contributed by atoms with E-state index in [-0.39, 0.29) is 18.0 Å². The first-order valence-corrected chi connectivity index (χ1v) is 11.0. The number of hydrogen-bond acceptors (Lipinski definition) is 4. The minimum Gasteiger partial charge on any atom is -0.463 e. The van der Waals surface area contributed by atoms with Crippen molar-refractivity contribution < 1.29 is 9.21 Å². The minimum atomic E-state index is -0.330. The van der Waals surface area contributed by atoms with Crippen LogP contribution in [0.3, 0.4) is 0 Å². The number of nitrogens with one attached hydrogen (secondary N) is 1. The van der Waals surface area contributed by atoms with Crippen LogP contribution in [-0.2, 0) is 24.3 Å². The maximum Gasteiger partial charge on any atom is 0.267 e. The molecule has 4 aromatic rings. The van der Waals surface area contributed by atoms with Gasteiger partial charge in [-0.3, -0.25) is 9.59 Å². The molecule has 0 fully saturated rings. The molecule has 0 saturated carbocycles. The summed E-state index contributed by atoms with van der Waals surface area (Å²) < 4.78 is 8.78. The number of fused-ring (bicyclic) bond motifs is 1. The monoisotopic (exact) mass is 432 g/mol. The quantitative estimate of drug-likeness (QED) is 0.435. The van der Waals surface area contributed by atoms with E-state index in [0.29, 0.717) is 23.9 Å². The Morgan fingerprint density at radius 1 is 1.12 bits per heavy atom. The van der Waals surface area contributed by atoms with Crippen LogP contribution >= 0.6 is 0 Å². The molecule has 1 amide bonds. The zero-order valence-electron chi connectivity index (χ0n) is 18.5. The Hall–Kier alpha value is -3.61. The number of para-hydroxylation sites is 1. The number of furan rings is 1. The average molecular weight is 433 g/mol. The molecule has 1 N–H and O–H groups in total. The molecular weight excluding hydrogens is 404 g/mol. The number of aromatic nitrogens is 3. The molecule has 7 heteroatoms. The van der Waals surface area contributed by atoms with Crippen LogP contribution in [0.2, 0.25) is 0 Å². The molecule has 1 aromatic carbocycles. The van der Waals surface area contributed by atoms with Crippen LogP contribution in [0.4, 0.5) is 0 Å². The van der Waals surface area contributed by atoms with E-state index >= 15 is 0 Å². The van der Waals surface area contributed by atoms with Crippen molar-refractivity contribution in [1.29, 1.82) is 0 Å². The lowest BCUT2D eigenvalue weighted by atomic mass is 10.1. The van der Waals surface area contributed by atoms with Crippen molar-refractivity contribution in [2.24, 2.45) is 5.92 Å². The van der Waals surface area contributed by atoms with Crippen molar-refractivity contribution in [2.75, 3.05) is 6.54 Å². The molecule has 0 unspecified atom stereocenters. The summed E-state index contributed by atoms with van der Waals surface area (Å²) in [6.45, 7) is 5.79. The zero-order valence-corrected chi connectivity index (χ0v) is 18.5. The van der Waals surface area contributed by atoms with E-state index in [1.54, 1.807) is 24.5 Å². The van der Waals surface area contributed by atoms with Crippen molar-refractivity contribution in [2.45, 2.75) is 39.8 Å². The third-order valence-corrected chi connectivity index (χ3v) is 5.47. The second-order valence-corrected chi connectivity index (χ2v) is 8.34. The maximum absolute atomic E-state index is 12.5. The Kier molecular flexibility index (Phi) is 6.54. The van der Waals surface area contributed by atoms with Gasteiger partial charge in [-0.1, -0.05) is 32.0 Å². The summed E-state index contributed by atoms with van der Waals surface area (Å²) in [5, 5.41) is 8.38. The molecule has 0 bridgehead atoms. The van der Waals surface area contributed by atoms with Gasteiger partial charge in [-0.25, -0.2) is 4.68 Å². The van der Waals surface area contributed by atoms with E-state index in [0.717, 1.165) is 24.1 Å². The van der Waals surface area contributed by atoms with Crippen LogP contribution in [0.25, 0.3) is 22.4 Å². The number of carbonyl (C=O) groups is 1. The first-order chi connectivity index (χ1) is 15.5. The van der Waals surface area contributed by atoms with Gasteiger partial charge in [0.15, 0.2) is 5.76 Å². The molecule has 166 valence electrons. The van der Waals surface area contributed by atoms with E-state index in [1.807, 2.05) is 6.07 Å². The van der Waals surface area contributed by atoms with Gasteiger partial charge in [0.2, 0.25) is 5.91 Å². The molecule has 0 aliphatic carbocycles. The second-order valence-electron chi connectivity index (χ2n) is 8.34. The van der Waals surface area contributed by atoms with Crippen LogP contribution < -0.4 is 10.9 Å². The predicted molar refractivity (Wildman–Crippen MR) is 124 cm³/mol. The predicted octanol–water partition coefficient (Wildman–Crippen LogP) is 3.86. The number of nitrogens with zero attached hydrogens (tertiary/aromatic N) is 3. The van der Waals surface area contributed by atoms with Crippen LogP contribution in [0.15, 0.2) is 70.2 Å². The molecule has 3 aromatic heterocycles. The van der Waals surface area contributed by atoms with Crippen molar-refractivity contribution >= 4 is 16.8 Å². The Morgan fingerprint density at radius 3 is 2.75 bits per heavy atom. The fourth-order valence-corrected chi connectivity index (χ4v) is 3.75. The third-order valence-electron chi connectivity index (χ3n) is 5.47. The Balaban J connectivity index is 1.39. The SMILES string of the molecule is CC(C)CCn1cc(CCNC(=O)Cn2nc(-c3ccco3)ccc2=O)c2ccccc21. The zero-order chi connectivity index (χ0) is 22.5. The van der Waals surface area contributed by atoms with Crippen molar-refractivity contribution in [3.63, 3.8) is 0 Å². The van der Waals surface area contributed by atoms with Gasteiger partial charge in [0.25, 0.3) is 5.56 Å². The van der Waals surface area contributed by atoms with Gasteiger partial charge in [0.1, 0.15) is 12.2 Å². The molecule has 4 rings (SSSR count). The average Bonchev–Trinajstić information content (AvgIpc) is 3.43. The Morgan fingerprint density at radius 2 is 1.97 bits per heavy atom. The second kappa shape index (κ2) is 9.68. The highest BCUT2D eigenvalue weighted by atomic mass is 16.3. The molecule has 0 saturated heterocycles. The fraction of sp³-hybridized carbons (Fsp3) is 0.320. The molecular formula is C25H28N4O3. The summed E-state index contributed by atoms with van der Waals surface area (Å²) in [6, 6.07) is 14.9. The van der Waals surface area contributed by atoms with E-state index < -0.39 is 0 Å². The van der Waals surface area contributed by atoms with Gasteiger partial charge in [-0.2, -0.15) is 5.10 Å². The van der Waals surface area contributed by atoms with Crippen LogP contribution in [0.1, 0.15) is 25.8 Å². The first kappa shape index (κ1) is 21.6. The molecule has 0 aliphatic heterocycles. The number of benzene rings is 1. The number of rotatable bonds is 9. The van der Waals surface area contributed by atoms with Crippen LogP contribution in [0.5, 0.6) is 0 Å². The van der Waals surface area contributed by atoms with E-state index in [9.17, 15) is 9.59 Å². The summed E-state index contributed by atoms with van der Waals surface area (Å²) in [4.78, 5) is 24.6. The van der Waals surface area contributed by atoms with Gasteiger partial charge < -0.3 is 14.3 Å². The molecule has 0 atom stereocenters. The van der Waals surface area contributed by atoms with Crippen molar-refractivity contribution in [3.8, 4) is 11.5 Å². The molecule has 3 heterocycles. The highest BCUT2D eigenvalue weighted by molar-refractivity contribution is 5.84. The Bertz CT molecular complexity index is 1250. The topological polar surface area (TPSA) is 82.1 Å². The summed E-state index contributed by atoms with van der Waals surface area (Å²) in [6.07, 6.45) is 5.57. The Labute approximate surface area is 186 Å². The highest BCUT2D eigenvalue weighted by Gasteiger charge is 2.11. The lowest BCUT2D eigenvalue weighted by Crippen LogP contribution is -2.34. The van der Waals surface area contributed by atoms with E-state index in [1.165, 1.54) is 22.5 Å². The number of hydrogen-bond donors (Lipinski definition) is 1. The first-order valence-electron chi connectivity index (χ1n) is 11.0. The smallest absolute Gasteiger partial charge is 0.267 e. The van der Waals surface area contributed by atoms with Gasteiger partial charge in [0.05, 0.1) is 6.26 Å². The van der Waals surface area contributed by atoms with Crippen LogP contribution in [-0.4, -0.2) is 26.8 Å². The van der Waals surface area contributed by atoms with E-state index in [4.69, 9.17) is 4.42 Å². The van der Waals surface area contributed by atoms with E-state index in [2.05, 4.69) is 53.2 Å². The third kappa shape index (κ3) is 4.99. The number of carbonyl (C=O) groups excluding carboxylic acids is 1. The molecule has 7 nitrogen and oxygen atoms in total. The molecule has 0 aliphatic rings. The fourth-order valence-electron chi connectivity index (χ4n) is 3.75. The minimum absolute atomic E-state index is 0.135. The van der Waals surface area contributed by atoms with Crippen molar-refractivity contribution in [1.82, 2.24) is 19.7 Å². The maximum atomic E-state index is 12.5. The largest absolute Gasteiger partial charge is 0.463 e. The summed E-state index contributed by atoms with van der Waals surface area (Å²) in [7, 11) is 0. The lowest BCUT2D eigenvalue weighted by molar-refractivity contribution is -0.121. The summed E-state index contributed by atoms with van der Waals surface area (Å²) >= 11 is 0. The summed E-state index contributed by atoms with van der Waals surface area (Å²) in [5.41, 5.74) is 2.61. The molecule has 0 radical (unpaired) electrons. The van der Waals surface area contributed by atoms with Crippen molar-refractivity contribution in [3.05, 3.63) is 76.9 Å². The lowest BCUT2D eigenvalue weighted by Gasteiger charge is -2.08. The highest BCUT2D eigenvalue weighted by Crippen LogP contribution is 2.22. The van der Waals surface area contributed by atoms with Gasteiger partial charge in [0, 0.05) is 36.3 Å².